The third-order valence-corrected chi connectivity index (χ3v) is 11.4. The van der Waals surface area contributed by atoms with Gasteiger partial charge in [0, 0.05) is 61.8 Å². The first-order valence-corrected chi connectivity index (χ1v) is 21.5. The van der Waals surface area contributed by atoms with Crippen molar-refractivity contribution in [1.29, 1.82) is 0 Å². The minimum Gasteiger partial charge on any atom is -0.489 e. The number of carbonyl (C=O) groups is 2. The minimum absolute atomic E-state index is 0. The number of benzene rings is 4. The Labute approximate surface area is 360 Å². The molecule has 6 aromatic rings. The van der Waals surface area contributed by atoms with E-state index in [4.69, 9.17) is 28.4 Å². The molecule has 2 saturated heterocycles. The summed E-state index contributed by atoms with van der Waals surface area (Å²) >= 11 is 0. The second-order valence-electron chi connectivity index (χ2n) is 15.9. The van der Waals surface area contributed by atoms with Crippen molar-refractivity contribution in [3.8, 4) is 11.5 Å². The predicted molar refractivity (Wildman–Crippen MR) is 238 cm³/mol. The van der Waals surface area contributed by atoms with Gasteiger partial charge in [0.2, 0.25) is 0 Å². The second kappa shape index (κ2) is 20.7. The lowest BCUT2D eigenvalue weighted by Gasteiger charge is -2.14. The number of hydrogen-bond donors (Lipinski definition) is 2. The molecular formula is C50H61FN2O8. The number of aromatic amines is 2. The molecule has 2 aromatic heterocycles. The Morgan fingerprint density at radius 1 is 0.689 bits per heavy atom. The molecule has 8 rings (SSSR count). The summed E-state index contributed by atoms with van der Waals surface area (Å²) in [5, 5.41) is 1.54. The number of carbonyl (C=O) groups excluding carboxylic acids is 2. The molecule has 2 atom stereocenters. The van der Waals surface area contributed by atoms with Gasteiger partial charge in [-0.3, -0.25) is 9.59 Å². The van der Waals surface area contributed by atoms with E-state index in [0.717, 1.165) is 67.2 Å². The van der Waals surface area contributed by atoms with Crippen molar-refractivity contribution >= 4 is 33.7 Å². The summed E-state index contributed by atoms with van der Waals surface area (Å²) < 4.78 is 47.7. The van der Waals surface area contributed by atoms with E-state index in [1.807, 2.05) is 31.2 Å². The lowest BCUT2D eigenvalue weighted by molar-refractivity contribution is -0.144. The van der Waals surface area contributed by atoms with Gasteiger partial charge in [-0.2, -0.15) is 0 Å². The number of hydrogen-bond acceptors (Lipinski definition) is 8. The van der Waals surface area contributed by atoms with Crippen molar-refractivity contribution in [2.75, 3.05) is 39.6 Å². The van der Waals surface area contributed by atoms with Crippen LogP contribution in [0.1, 0.15) is 99.0 Å². The molecule has 11 heteroatoms. The third-order valence-electron chi connectivity index (χ3n) is 11.4. The highest BCUT2D eigenvalue weighted by Crippen LogP contribution is 2.31. The van der Waals surface area contributed by atoms with E-state index >= 15 is 0 Å². The first-order chi connectivity index (χ1) is 29.7. The van der Waals surface area contributed by atoms with Crippen molar-refractivity contribution in [2.45, 2.75) is 91.3 Å². The first kappa shape index (κ1) is 43.4. The summed E-state index contributed by atoms with van der Waals surface area (Å²) in [6.45, 7) is 12.9. The quantitative estimate of drug-likeness (QED) is 0.0925. The number of aromatic nitrogens is 2. The van der Waals surface area contributed by atoms with Gasteiger partial charge in [-0.15, -0.1) is 0 Å². The van der Waals surface area contributed by atoms with Gasteiger partial charge in [0.15, 0.2) is 5.82 Å². The Bertz CT molecular complexity index is 2440. The summed E-state index contributed by atoms with van der Waals surface area (Å²) in [6, 6.07) is 26.4. The van der Waals surface area contributed by atoms with Gasteiger partial charge in [-0.1, -0.05) is 36.4 Å². The van der Waals surface area contributed by atoms with E-state index < -0.39 is 0 Å². The Kier molecular flexibility index (Phi) is 14.8. The highest BCUT2D eigenvalue weighted by atomic mass is 19.1. The maximum absolute atomic E-state index is 14.8. The number of H-pyrrole nitrogens is 2. The van der Waals surface area contributed by atoms with Crippen molar-refractivity contribution in [3.05, 3.63) is 129 Å². The number of fused-ring (bicyclic) bond motifs is 2. The molecule has 0 saturated carbocycles. The number of ether oxygens (including phenoxy) is 6. The molecule has 61 heavy (non-hydrogen) atoms. The molecule has 0 bridgehead atoms. The molecule has 326 valence electrons. The average molecular weight is 837 g/mol. The summed E-state index contributed by atoms with van der Waals surface area (Å²) in [6.07, 6.45) is 3.61. The topological polar surface area (TPSA) is 121 Å². The van der Waals surface area contributed by atoms with Crippen LogP contribution in [0.3, 0.4) is 0 Å². The van der Waals surface area contributed by atoms with Crippen molar-refractivity contribution in [2.24, 2.45) is 0 Å². The lowest BCUT2D eigenvalue weighted by atomic mass is 9.93. The normalized spacial score (nSPS) is 16.1. The van der Waals surface area contributed by atoms with Crippen molar-refractivity contribution < 1.29 is 45.3 Å². The Balaban J connectivity index is 0.000000230. The van der Waals surface area contributed by atoms with Gasteiger partial charge < -0.3 is 38.4 Å². The minimum atomic E-state index is -0.344. The van der Waals surface area contributed by atoms with Crippen LogP contribution < -0.4 is 9.47 Å². The molecule has 2 fully saturated rings. The average Bonchev–Trinajstić information content (AvgIpc) is 4.10. The highest BCUT2D eigenvalue weighted by Gasteiger charge is 2.21. The summed E-state index contributed by atoms with van der Waals surface area (Å²) in [5.41, 5.74) is 10.7. The van der Waals surface area contributed by atoms with E-state index in [-0.39, 0.29) is 33.5 Å². The Morgan fingerprint density at radius 2 is 1.25 bits per heavy atom. The zero-order chi connectivity index (χ0) is 42.7. The van der Waals surface area contributed by atoms with Gasteiger partial charge in [-0.05, 0) is 123 Å². The molecule has 0 aliphatic carbocycles. The molecule has 0 radical (unpaired) electrons. The molecule has 0 spiro atoms. The van der Waals surface area contributed by atoms with E-state index in [1.54, 1.807) is 19.1 Å². The fourth-order valence-electron chi connectivity index (χ4n) is 8.25. The van der Waals surface area contributed by atoms with Crippen LogP contribution in [-0.2, 0) is 54.6 Å². The van der Waals surface area contributed by atoms with Gasteiger partial charge in [0.05, 0.1) is 45.0 Å². The zero-order valence-corrected chi connectivity index (χ0v) is 35.7. The molecule has 2 aliphatic rings. The fourth-order valence-corrected chi connectivity index (χ4v) is 8.25. The van der Waals surface area contributed by atoms with E-state index in [9.17, 15) is 14.0 Å². The van der Waals surface area contributed by atoms with Crippen molar-refractivity contribution in [1.82, 2.24) is 9.97 Å². The maximum Gasteiger partial charge on any atom is 0.306 e. The van der Waals surface area contributed by atoms with Crippen LogP contribution in [0.4, 0.5) is 4.39 Å². The Morgan fingerprint density at radius 3 is 1.79 bits per heavy atom. The van der Waals surface area contributed by atoms with Crippen LogP contribution in [0, 0.1) is 19.7 Å². The molecule has 2 aliphatic heterocycles. The van der Waals surface area contributed by atoms with E-state index in [1.165, 1.54) is 27.8 Å². The number of halogens is 1. The summed E-state index contributed by atoms with van der Waals surface area (Å²) in [4.78, 5) is 29.5. The number of esters is 2. The van der Waals surface area contributed by atoms with Crippen LogP contribution in [0.5, 0.6) is 11.5 Å². The smallest absolute Gasteiger partial charge is 0.306 e. The largest absolute Gasteiger partial charge is 0.489 e. The van der Waals surface area contributed by atoms with Crippen molar-refractivity contribution in [3.63, 3.8) is 0 Å². The van der Waals surface area contributed by atoms with E-state index in [0.29, 0.717) is 73.5 Å². The van der Waals surface area contributed by atoms with Gasteiger partial charge >= 0.3 is 11.9 Å². The number of aryl methyl sites for hydroxylation is 4. The summed E-state index contributed by atoms with van der Waals surface area (Å²) in [5.74, 6) is 1.61. The first-order valence-electron chi connectivity index (χ1n) is 21.5. The maximum atomic E-state index is 14.8. The predicted octanol–water partition coefficient (Wildman–Crippen LogP) is 10.7. The van der Waals surface area contributed by atoms with E-state index in [2.05, 4.69) is 66.3 Å². The fraction of sp³-hybridized carbons (Fsp3) is 0.400. The van der Waals surface area contributed by atoms with Crippen LogP contribution in [-0.4, -0.2) is 61.5 Å². The van der Waals surface area contributed by atoms with Crippen LogP contribution in [0.2, 0.25) is 0 Å². The molecule has 10 nitrogen and oxygen atoms in total. The van der Waals surface area contributed by atoms with Gasteiger partial charge in [0.25, 0.3) is 0 Å². The molecule has 2 N–H and O–H groups in total. The number of nitrogens with one attached hydrogen (secondary N) is 2. The molecule has 0 amide bonds. The lowest BCUT2D eigenvalue weighted by Crippen LogP contribution is -2.05. The highest BCUT2D eigenvalue weighted by molar-refractivity contribution is 5.83. The summed E-state index contributed by atoms with van der Waals surface area (Å²) in [7, 11) is 0. The SMILES string of the molecule is CCOC(=O)CCc1[nH]c2ccc(OCc3ccc(C4CCOC4)c(C)c3)cc2c1F.CCOC(=O)CCc1cc2cc(OCc3ccc(C4CCOC4)c(C)c3)ccc2[nH]1.[HH].[HH]. The van der Waals surface area contributed by atoms with Gasteiger partial charge in [-0.25, -0.2) is 4.39 Å². The standard InChI is InChI=1S/C25H28FNO4.C25H29NO4.2H2/c1-3-30-24(28)9-8-23-25(26)21-13-19(5-7-22(21)27-23)31-14-17-4-6-20(16(2)12-17)18-10-11-29-15-18;1-3-29-25(27)9-5-21-13-20-14-22(6-8-24(20)26-21)30-15-18-4-7-23(17(2)12-18)19-10-11-28-16-19;;/h4-7,12-13,18,27H,3,8-11,14-15H2,1-2H3;4,6-8,12-14,19,26H,3,5,9-11,15-16H2,1-2H3;2*1H. The van der Waals surface area contributed by atoms with Crippen LogP contribution in [0.25, 0.3) is 21.8 Å². The monoisotopic (exact) mass is 836 g/mol. The Hall–Kier alpha value is -5.65. The molecule has 4 aromatic carbocycles. The molecular weight excluding hydrogens is 776 g/mol. The molecule has 4 heterocycles. The third kappa shape index (κ3) is 11.4. The van der Waals surface area contributed by atoms with Crippen LogP contribution in [0.15, 0.2) is 78.9 Å². The molecule has 2 unspecified atom stereocenters. The van der Waals surface area contributed by atoms with Gasteiger partial charge in [0.1, 0.15) is 24.7 Å². The number of rotatable bonds is 16. The van der Waals surface area contributed by atoms with Crippen LogP contribution >= 0.6 is 0 Å². The second-order valence-corrected chi connectivity index (χ2v) is 15.9. The zero-order valence-electron chi connectivity index (χ0n) is 35.7.